The van der Waals surface area contributed by atoms with Crippen LogP contribution in [-0.4, -0.2) is 31.8 Å². The van der Waals surface area contributed by atoms with E-state index in [1.54, 1.807) is 0 Å². The van der Waals surface area contributed by atoms with Crippen molar-refractivity contribution in [1.82, 2.24) is 5.32 Å². The zero-order valence-electron chi connectivity index (χ0n) is 12.4. The smallest absolute Gasteiger partial charge is 0.323 e. The van der Waals surface area contributed by atoms with Crippen LogP contribution in [-0.2, 0) is 9.53 Å². The summed E-state index contributed by atoms with van der Waals surface area (Å²) in [4.78, 5) is 11.5. The Bertz CT molecular complexity index is 461. The normalized spacial score (nSPS) is 23.4. The van der Waals surface area contributed by atoms with Crippen LogP contribution in [0.1, 0.15) is 38.2 Å². The molecule has 1 aliphatic heterocycles. The molecule has 1 saturated heterocycles. The van der Waals surface area contributed by atoms with Crippen molar-refractivity contribution >= 4 is 5.97 Å². The number of esters is 1. The van der Waals surface area contributed by atoms with Gasteiger partial charge in [0.05, 0.1) is 7.11 Å². The van der Waals surface area contributed by atoms with E-state index in [-0.39, 0.29) is 18.1 Å². The van der Waals surface area contributed by atoms with E-state index in [1.807, 2.05) is 18.2 Å². The second-order valence-electron chi connectivity index (χ2n) is 5.31. The van der Waals surface area contributed by atoms with E-state index in [1.165, 1.54) is 12.7 Å². The molecule has 3 atom stereocenters. The maximum absolute atomic E-state index is 11.5. The number of rotatable bonds is 5. The Labute approximate surface area is 120 Å². The average Bonchev–Trinajstić information content (AvgIpc) is 2.94. The average molecular weight is 277 g/mol. The van der Waals surface area contributed by atoms with Crippen LogP contribution >= 0.6 is 0 Å². The predicted molar refractivity (Wildman–Crippen MR) is 78.0 cm³/mol. The first-order chi connectivity index (χ1) is 9.65. The van der Waals surface area contributed by atoms with Crippen LogP contribution < -0.4 is 10.1 Å². The van der Waals surface area contributed by atoms with Gasteiger partial charge in [0.1, 0.15) is 17.9 Å². The molecule has 0 spiro atoms. The van der Waals surface area contributed by atoms with E-state index < -0.39 is 0 Å². The lowest BCUT2D eigenvalue weighted by Gasteiger charge is -2.19. The molecule has 20 heavy (non-hydrogen) atoms. The van der Waals surface area contributed by atoms with Gasteiger partial charge in [-0.3, -0.25) is 4.79 Å². The third kappa shape index (κ3) is 3.31. The molecular formula is C16H23NO3. The van der Waals surface area contributed by atoms with Crippen LogP contribution in [0.2, 0.25) is 0 Å². The fourth-order valence-electron chi connectivity index (χ4n) is 2.51. The molecular weight excluding hydrogens is 254 g/mol. The van der Waals surface area contributed by atoms with Gasteiger partial charge in [0, 0.05) is 13.0 Å². The number of carbonyl (C=O) groups excluding carboxylic acids is 1. The lowest BCUT2D eigenvalue weighted by Crippen LogP contribution is -2.31. The van der Waals surface area contributed by atoms with E-state index >= 15 is 0 Å². The molecule has 1 aromatic rings. The zero-order valence-corrected chi connectivity index (χ0v) is 12.4. The van der Waals surface area contributed by atoms with Gasteiger partial charge in [-0.25, -0.2) is 0 Å². The van der Waals surface area contributed by atoms with Crippen LogP contribution in [0.3, 0.4) is 0 Å². The zero-order chi connectivity index (χ0) is 14.5. The van der Waals surface area contributed by atoms with Gasteiger partial charge in [-0.15, -0.1) is 0 Å². The van der Waals surface area contributed by atoms with Crippen LogP contribution in [0.5, 0.6) is 5.75 Å². The first-order valence-electron chi connectivity index (χ1n) is 7.22. The van der Waals surface area contributed by atoms with Crippen LogP contribution in [0.4, 0.5) is 0 Å². The highest BCUT2D eigenvalue weighted by molar-refractivity contribution is 5.76. The third-order valence-electron chi connectivity index (χ3n) is 3.93. The number of benzene rings is 1. The molecule has 0 radical (unpaired) electrons. The Hall–Kier alpha value is -1.55. The number of ether oxygens (including phenoxy) is 2. The van der Waals surface area contributed by atoms with Gasteiger partial charge in [0.15, 0.2) is 0 Å². The molecule has 110 valence electrons. The molecule has 1 unspecified atom stereocenters. The quantitative estimate of drug-likeness (QED) is 0.840. The van der Waals surface area contributed by atoms with Crippen molar-refractivity contribution in [3.63, 3.8) is 0 Å². The highest BCUT2D eigenvalue weighted by Gasteiger charge is 2.31. The van der Waals surface area contributed by atoms with Crippen LogP contribution in [0, 0.1) is 0 Å². The van der Waals surface area contributed by atoms with Crippen molar-refractivity contribution in [2.45, 2.75) is 44.8 Å². The second-order valence-corrected chi connectivity index (χ2v) is 5.31. The lowest BCUT2D eigenvalue weighted by molar-refractivity contribution is -0.142. The summed E-state index contributed by atoms with van der Waals surface area (Å²) in [6.45, 7) is 5.05. The monoisotopic (exact) mass is 277 g/mol. The van der Waals surface area contributed by atoms with Gasteiger partial charge in [-0.2, -0.15) is 0 Å². The molecule has 0 amide bonds. The number of nitrogens with one attached hydrogen (secondary N) is 1. The fraction of sp³-hybridized carbons (Fsp3) is 0.562. The summed E-state index contributed by atoms with van der Waals surface area (Å²) >= 11 is 0. The van der Waals surface area contributed by atoms with Gasteiger partial charge in [0.25, 0.3) is 0 Å². The summed E-state index contributed by atoms with van der Waals surface area (Å²) in [5.74, 6) is 1.18. The number of hydrogen-bond acceptors (Lipinski definition) is 4. The largest absolute Gasteiger partial charge is 0.489 e. The van der Waals surface area contributed by atoms with E-state index in [2.05, 4.69) is 25.2 Å². The molecule has 0 aromatic heterocycles. The van der Waals surface area contributed by atoms with E-state index in [0.717, 1.165) is 12.2 Å². The van der Waals surface area contributed by atoms with Gasteiger partial charge >= 0.3 is 5.97 Å². The molecule has 0 saturated carbocycles. The molecule has 1 fully saturated rings. The molecule has 0 aliphatic carbocycles. The van der Waals surface area contributed by atoms with Crippen molar-refractivity contribution < 1.29 is 14.3 Å². The summed E-state index contributed by atoms with van der Waals surface area (Å²) in [6, 6.07) is 7.90. The van der Waals surface area contributed by atoms with Gasteiger partial charge in [-0.1, -0.05) is 32.0 Å². The van der Waals surface area contributed by atoms with E-state index in [9.17, 15) is 4.79 Å². The summed E-state index contributed by atoms with van der Waals surface area (Å²) in [6.07, 6.45) is 1.75. The van der Waals surface area contributed by atoms with Crippen molar-refractivity contribution in [2.24, 2.45) is 0 Å². The maximum atomic E-state index is 11.5. The highest BCUT2D eigenvalue weighted by atomic mass is 16.5. The minimum Gasteiger partial charge on any atom is -0.489 e. The molecule has 1 heterocycles. The third-order valence-corrected chi connectivity index (χ3v) is 3.93. The fourth-order valence-corrected chi connectivity index (χ4v) is 2.51. The number of para-hydroxylation sites is 1. The van der Waals surface area contributed by atoms with Crippen molar-refractivity contribution in [1.29, 1.82) is 0 Å². The van der Waals surface area contributed by atoms with Gasteiger partial charge in [-0.05, 0) is 24.0 Å². The van der Waals surface area contributed by atoms with Crippen molar-refractivity contribution in [2.75, 3.05) is 13.7 Å². The maximum Gasteiger partial charge on any atom is 0.323 e. The van der Waals surface area contributed by atoms with Crippen LogP contribution in [0.15, 0.2) is 24.3 Å². The summed E-state index contributed by atoms with van der Waals surface area (Å²) < 4.78 is 10.8. The predicted octanol–water partition coefficient (Wildman–Crippen LogP) is 2.48. The second kappa shape index (κ2) is 6.75. The number of hydrogen-bond donors (Lipinski definition) is 1. The Morgan fingerprint density at radius 2 is 2.20 bits per heavy atom. The molecule has 0 bridgehead atoms. The van der Waals surface area contributed by atoms with E-state index in [0.29, 0.717) is 18.9 Å². The summed E-state index contributed by atoms with van der Waals surface area (Å²) in [7, 11) is 1.41. The van der Waals surface area contributed by atoms with E-state index in [4.69, 9.17) is 9.47 Å². The number of carbonyl (C=O) groups is 1. The molecule has 4 nitrogen and oxygen atoms in total. The minimum absolute atomic E-state index is 0.0179. The lowest BCUT2D eigenvalue weighted by atomic mass is 9.98. The highest BCUT2D eigenvalue weighted by Crippen LogP contribution is 2.30. The molecule has 1 N–H and O–H groups in total. The summed E-state index contributed by atoms with van der Waals surface area (Å²) in [5, 5.41) is 3.14. The van der Waals surface area contributed by atoms with Gasteiger partial charge < -0.3 is 14.8 Å². The van der Waals surface area contributed by atoms with Gasteiger partial charge in [0.2, 0.25) is 0 Å². The molecule has 2 rings (SSSR count). The molecule has 1 aromatic carbocycles. The Balaban J connectivity index is 2.03. The number of methoxy groups -OCH3 is 1. The Morgan fingerprint density at radius 3 is 2.90 bits per heavy atom. The SMILES string of the molecule is CCC(C)c1ccccc1O[C@@H]1CN[C@H](C(=O)OC)C1. The minimum atomic E-state index is -0.249. The van der Waals surface area contributed by atoms with Crippen molar-refractivity contribution in [3.05, 3.63) is 29.8 Å². The van der Waals surface area contributed by atoms with Crippen molar-refractivity contribution in [3.8, 4) is 5.75 Å². The Kier molecular flexibility index (Phi) is 5.01. The summed E-state index contributed by atoms with van der Waals surface area (Å²) in [5.41, 5.74) is 1.23. The standard InChI is InChI=1S/C16H23NO3/c1-4-11(2)13-7-5-6-8-15(13)20-12-9-14(17-10-12)16(18)19-3/h5-8,11-12,14,17H,4,9-10H2,1-3H3/t11?,12-,14-/m0/s1. The Morgan fingerprint density at radius 1 is 1.45 bits per heavy atom. The van der Waals surface area contributed by atoms with Crippen LogP contribution in [0.25, 0.3) is 0 Å². The first-order valence-corrected chi connectivity index (χ1v) is 7.22. The first kappa shape index (κ1) is 14.9. The topological polar surface area (TPSA) is 47.6 Å². The molecule has 4 heteroatoms. The molecule has 1 aliphatic rings.